The number of carbonyl (C=O) groups is 1. The molecule has 0 heterocycles. The summed E-state index contributed by atoms with van der Waals surface area (Å²) in [4.78, 5) is 11.2. The van der Waals surface area contributed by atoms with Gasteiger partial charge in [0.1, 0.15) is 0 Å². The first kappa shape index (κ1) is 12.9. The highest BCUT2D eigenvalue weighted by Gasteiger charge is 2.33. The van der Waals surface area contributed by atoms with Gasteiger partial charge in [-0.05, 0) is 48.8 Å². The van der Waals surface area contributed by atoms with Gasteiger partial charge in [-0.25, -0.2) is 4.79 Å². The summed E-state index contributed by atoms with van der Waals surface area (Å²) in [6, 6.07) is 4.01. The number of primary amides is 1. The quantitative estimate of drug-likeness (QED) is 0.786. The molecule has 1 atom stereocenters. The third kappa shape index (κ3) is 2.50. The molecular formula is C15H22N2O. The molecule has 1 unspecified atom stereocenters. The zero-order valence-electron chi connectivity index (χ0n) is 11.6. The van der Waals surface area contributed by atoms with E-state index in [1.54, 1.807) is 0 Å². The van der Waals surface area contributed by atoms with Crippen molar-refractivity contribution >= 4 is 6.03 Å². The van der Waals surface area contributed by atoms with Crippen molar-refractivity contribution in [3.63, 3.8) is 0 Å². The molecule has 3 nitrogen and oxygen atoms in total. The zero-order chi connectivity index (χ0) is 13.5. The number of hydrogen-bond donors (Lipinski definition) is 2. The Balaban J connectivity index is 2.50. The minimum Gasteiger partial charge on any atom is -0.352 e. The van der Waals surface area contributed by atoms with Crippen molar-refractivity contribution in [2.24, 2.45) is 11.1 Å². The Labute approximate surface area is 109 Å². The number of rotatable bonds is 1. The number of urea groups is 1. The highest BCUT2D eigenvalue weighted by atomic mass is 16.2. The van der Waals surface area contributed by atoms with E-state index < -0.39 is 6.03 Å². The van der Waals surface area contributed by atoms with Crippen LogP contribution >= 0.6 is 0 Å². The van der Waals surface area contributed by atoms with E-state index in [0.29, 0.717) is 0 Å². The molecule has 0 fully saturated rings. The molecule has 2 rings (SSSR count). The molecule has 3 N–H and O–H groups in total. The van der Waals surface area contributed by atoms with Crippen LogP contribution < -0.4 is 11.1 Å². The van der Waals surface area contributed by atoms with E-state index in [9.17, 15) is 4.79 Å². The van der Waals surface area contributed by atoms with E-state index >= 15 is 0 Å². The highest BCUT2D eigenvalue weighted by Crippen LogP contribution is 2.42. The maximum atomic E-state index is 11.2. The molecule has 1 aromatic carbocycles. The molecule has 0 radical (unpaired) electrons. The first-order chi connectivity index (χ1) is 8.28. The van der Waals surface area contributed by atoms with Crippen LogP contribution in [0.25, 0.3) is 0 Å². The number of nitrogens with two attached hydrogens (primary N) is 1. The maximum Gasteiger partial charge on any atom is 0.312 e. The number of fused-ring (bicyclic) bond motifs is 1. The summed E-state index contributed by atoms with van der Waals surface area (Å²) in [7, 11) is 0. The Bertz CT molecular complexity index is 492. The fraction of sp³-hybridized carbons (Fsp3) is 0.533. The van der Waals surface area contributed by atoms with E-state index in [2.05, 4.69) is 45.1 Å². The Hall–Kier alpha value is -1.51. The van der Waals surface area contributed by atoms with Gasteiger partial charge in [-0.15, -0.1) is 0 Å². The summed E-state index contributed by atoms with van der Waals surface area (Å²) < 4.78 is 0. The molecule has 0 spiro atoms. The molecule has 0 aliphatic heterocycles. The lowest BCUT2D eigenvalue weighted by atomic mass is 9.70. The molecule has 0 bridgehead atoms. The first-order valence-corrected chi connectivity index (χ1v) is 6.44. The predicted molar refractivity (Wildman–Crippen MR) is 73.5 cm³/mol. The summed E-state index contributed by atoms with van der Waals surface area (Å²) in [6.45, 7) is 8.71. The molecule has 3 heteroatoms. The second-order valence-corrected chi connectivity index (χ2v) is 6.26. The van der Waals surface area contributed by atoms with E-state index in [1.165, 1.54) is 22.3 Å². The van der Waals surface area contributed by atoms with Crippen molar-refractivity contribution in [2.75, 3.05) is 0 Å². The standard InChI is InChI=1S/C15H22N2O/c1-9-5-10(2)13-11(6-9)7-15(3,4)8-12(13)17-14(16)18/h5-6,12H,7-8H2,1-4H3,(H3,16,17,18). The minimum atomic E-state index is -0.441. The van der Waals surface area contributed by atoms with Crippen LogP contribution in [0, 0.1) is 19.3 Å². The lowest BCUT2D eigenvalue weighted by Crippen LogP contribution is -2.39. The predicted octanol–water partition coefficient (Wildman–Crippen LogP) is 2.99. The van der Waals surface area contributed by atoms with Crippen LogP contribution in [0.5, 0.6) is 0 Å². The van der Waals surface area contributed by atoms with Gasteiger partial charge in [-0.3, -0.25) is 0 Å². The lowest BCUT2D eigenvalue weighted by molar-refractivity contribution is 0.228. The second-order valence-electron chi connectivity index (χ2n) is 6.26. The zero-order valence-corrected chi connectivity index (χ0v) is 11.6. The molecule has 1 aliphatic carbocycles. The summed E-state index contributed by atoms with van der Waals surface area (Å²) in [6.07, 6.45) is 1.99. The topological polar surface area (TPSA) is 55.1 Å². The Kier molecular flexibility index (Phi) is 3.09. The van der Waals surface area contributed by atoms with Crippen molar-refractivity contribution in [1.82, 2.24) is 5.32 Å². The van der Waals surface area contributed by atoms with Gasteiger partial charge in [-0.1, -0.05) is 31.5 Å². The molecule has 0 saturated heterocycles. The first-order valence-electron chi connectivity index (χ1n) is 6.44. The third-order valence-electron chi connectivity index (χ3n) is 3.71. The number of nitrogens with one attached hydrogen (secondary N) is 1. The van der Waals surface area contributed by atoms with Crippen molar-refractivity contribution in [3.8, 4) is 0 Å². The number of aryl methyl sites for hydroxylation is 2. The third-order valence-corrected chi connectivity index (χ3v) is 3.71. The Morgan fingerprint density at radius 2 is 2.06 bits per heavy atom. The van der Waals surface area contributed by atoms with E-state index in [0.717, 1.165) is 12.8 Å². The van der Waals surface area contributed by atoms with Crippen LogP contribution in [0.15, 0.2) is 12.1 Å². The van der Waals surface area contributed by atoms with Crippen LogP contribution in [0.4, 0.5) is 4.79 Å². The molecule has 98 valence electrons. The Morgan fingerprint density at radius 3 is 2.67 bits per heavy atom. The van der Waals surface area contributed by atoms with E-state index in [-0.39, 0.29) is 11.5 Å². The minimum absolute atomic E-state index is 0.0434. The van der Waals surface area contributed by atoms with Gasteiger partial charge in [0.05, 0.1) is 6.04 Å². The van der Waals surface area contributed by atoms with Gasteiger partial charge < -0.3 is 11.1 Å². The van der Waals surface area contributed by atoms with Gasteiger partial charge in [0.2, 0.25) is 0 Å². The molecule has 1 aromatic rings. The molecule has 1 aliphatic rings. The van der Waals surface area contributed by atoms with Gasteiger partial charge in [0.25, 0.3) is 0 Å². The number of amides is 2. The average molecular weight is 246 g/mol. The SMILES string of the molecule is Cc1cc(C)c2c(c1)CC(C)(C)CC2NC(N)=O. The maximum absolute atomic E-state index is 11.2. The number of hydrogen-bond acceptors (Lipinski definition) is 1. The van der Waals surface area contributed by atoms with Crippen LogP contribution in [-0.4, -0.2) is 6.03 Å². The molecule has 18 heavy (non-hydrogen) atoms. The molecule has 0 aromatic heterocycles. The van der Waals surface area contributed by atoms with Crippen LogP contribution in [0.2, 0.25) is 0 Å². The van der Waals surface area contributed by atoms with Crippen molar-refractivity contribution in [3.05, 3.63) is 34.4 Å². The van der Waals surface area contributed by atoms with Crippen molar-refractivity contribution in [2.45, 2.75) is 46.6 Å². The largest absolute Gasteiger partial charge is 0.352 e. The van der Waals surface area contributed by atoms with E-state index in [4.69, 9.17) is 5.73 Å². The lowest BCUT2D eigenvalue weighted by Gasteiger charge is -2.38. The van der Waals surface area contributed by atoms with Crippen molar-refractivity contribution in [1.29, 1.82) is 0 Å². The highest BCUT2D eigenvalue weighted by molar-refractivity contribution is 5.72. The van der Waals surface area contributed by atoms with E-state index in [1.807, 2.05) is 0 Å². The van der Waals surface area contributed by atoms with Crippen LogP contribution in [0.3, 0.4) is 0 Å². The fourth-order valence-electron chi connectivity index (χ4n) is 3.25. The normalized spacial score (nSPS) is 21.2. The number of benzene rings is 1. The van der Waals surface area contributed by atoms with Gasteiger partial charge >= 0.3 is 6.03 Å². The van der Waals surface area contributed by atoms with Crippen LogP contribution in [-0.2, 0) is 6.42 Å². The summed E-state index contributed by atoms with van der Waals surface area (Å²) >= 11 is 0. The second kappa shape index (κ2) is 4.30. The van der Waals surface area contributed by atoms with Gasteiger partial charge in [0, 0.05) is 0 Å². The monoisotopic (exact) mass is 246 g/mol. The molecular weight excluding hydrogens is 224 g/mol. The number of carbonyl (C=O) groups excluding carboxylic acids is 1. The fourth-order valence-corrected chi connectivity index (χ4v) is 3.25. The Morgan fingerprint density at radius 1 is 1.39 bits per heavy atom. The van der Waals surface area contributed by atoms with Gasteiger partial charge in [0.15, 0.2) is 0 Å². The smallest absolute Gasteiger partial charge is 0.312 e. The molecule has 0 saturated carbocycles. The van der Waals surface area contributed by atoms with Gasteiger partial charge in [-0.2, -0.15) is 0 Å². The average Bonchev–Trinajstić information content (AvgIpc) is 2.11. The molecule has 2 amide bonds. The summed E-state index contributed by atoms with van der Waals surface area (Å²) in [5, 5.41) is 2.89. The summed E-state index contributed by atoms with van der Waals surface area (Å²) in [5.74, 6) is 0. The summed E-state index contributed by atoms with van der Waals surface area (Å²) in [5.41, 5.74) is 10.6. The van der Waals surface area contributed by atoms with Crippen molar-refractivity contribution < 1.29 is 4.79 Å². The van der Waals surface area contributed by atoms with Crippen LogP contribution in [0.1, 0.15) is 48.6 Å².